The van der Waals surface area contributed by atoms with Crippen molar-refractivity contribution in [3.8, 4) is 22.9 Å². The van der Waals surface area contributed by atoms with Crippen LogP contribution in [0.3, 0.4) is 0 Å². The number of aromatic nitrogens is 3. The molecular formula is C29H29N5O3. The van der Waals surface area contributed by atoms with Crippen LogP contribution in [-0.2, 0) is 4.79 Å². The Morgan fingerprint density at radius 2 is 1.84 bits per heavy atom. The van der Waals surface area contributed by atoms with Gasteiger partial charge in [-0.2, -0.15) is 4.98 Å². The second-order valence-electron chi connectivity index (χ2n) is 8.80. The quantitative estimate of drug-likeness (QED) is 0.347. The summed E-state index contributed by atoms with van der Waals surface area (Å²) in [5, 5.41) is 11.2. The lowest BCUT2D eigenvalue weighted by molar-refractivity contribution is -0.113. The molecule has 2 heterocycles. The van der Waals surface area contributed by atoms with Crippen molar-refractivity contribution in [3.05, 3.63) is 95.2 Å². The summed E-state index contributed by atoms with van der Waals surface area (Å²) in [6.07, 6.45) is 0. The van der Waals surface area contributed by atoms with E-state index >= 15 is 0 Å². The zero-order chi connectivity index (χ0) is 25.9. The van der Waals surface area contributed by atoms with E-state index in [1.54, 1.807) is 11.8 Å². The van der Waals surface area contributed by atoms with Gasteiger partial charge in [0.15, 0.2) is 17.3 Å². The number of aryl methyl sites for hydroxylation is 1. The van der Waals surface area contributed by atoms with Gasteiger partial charge in [0.05, 0.1) is 19.3 Å². The number of allylic oxidation sites excluding steroid dienone is 1. The van der Waals surface area contributed by atoms with Gasteiger partial charge in [0.25, 0.3) is 5.91 Å². The second kappa shape index (κ2) is 10.2. The lowest BCUT2D eigenvalue weighted by atomic mass is 9.94. The molecule has 0 fully saturated rings. The first-order valence-electron chi connectivity index (χ1n) is 12.2. The highest BCUT2D eigenvalue weighted by Crippen LogP contribution is 2.40. The van der Waals surface area contributed by atoms with E-state index in [-0.39, 0.29) is 5.91 Å². The minimum Gasteiger partial charge on any atom is -0.493 e. The first-order valence-corrected chi connectivity index (χ1v) is 12.2. The van der Waals surface area contributed by atoms with E-state index in [2.05, 4.69) is 10.6 Å². The van der Waals surface area contributed by atoms with Gasteiger partial charge >= 0.3 is 0 Å². The van der Waals surface area contributed by atoms with Gasteiger partial charge in [0.2, 0.25) is 5.95 Å². The maximum Gasteiger partial charge on any atom is 0.255 e. The van der Waals surface area contributed by atoms with Crippen molar-refractivity contribution < 1.29 is 14.3 Å². The molecule has 37 heavy (non-hydrogen) atoms. The molecule has 1 aliphatic heterocycles. The van der Waals surface area contributed by atoms with Crippen LogP contribution in [0.15, 0.2) is 84.1 Å². The lowest BCUT2D eigenvalue weighted by Crippen LogP contribution is -2.31. The molecule has 0 saturated carbocycles. The number of fused-ring (bicyclic) bond motifs is 1. The number of ether oxygens (including phenoxy) is 2. The molecule has 0 bridgehead atoms. The van der Waals surface area contributed by atoms with Gasteiger partial charge in [-0.25, -0.2) is 4.68 Å². The number of hydrogen-bond acceptors (Lipinski definition) is 6. The van der Waals surface area contributed by atoms with Crippen molar-refractivity contribution in [1.29, 1.82) is 0 Å². The molecule has 1 aliphatic rings. The minimum absolute atomic E-state index is 0.229. The van der Waals surface area contributed by atoms with E-state index in [1.165, 1.54) is 0 Å². The number of benzene rings is 3. The highest BCUT2D eigenvalue weighted by Gasteiger charge is 2.35. The van der Waals surface area contributed by atoms with Gasteiger partial charge in [-0.1, -0.05) is 48.0 Å². The highest BCUT2D eigenvalue weighted by molar-refractivity contribution is 6.06. The van der Waals surface area contributed by atoms with Crippen molar-refractivity contribution in [2.24, 2.45) is 0 Å². The van der Waals surface area contributed by atoms with Crippen molar-refractivity contribution >= 4 is 17.5 Å². The summed E-state index contributed by atoms with van der Waals surface area (Å²) in [5.74, 6) is 2.12. The summed E-state index contributed by atoms with van der Waals surface area (Å²) < 4.78 is 13.1. The minimum atomic E-state index is -0.546. The number of rotatable bonds is 7. The topological polar surface area (TPSA) is 90.3 Å². The molecule has 1 atom stereocenters. The fourth-order valence-corrected chi connectivity index (χ4v) is 4.51. The molecule has 1 unspecified atom stereocenters. The second-order valence-corrected chi connectivity index (χ2v) is 8.80. The molecule has 188 valence electrons. The normalized spacial score (nSPS) is 14.5. The first kappa shape index (κ1) is 24.1. The largest absolute Gasteiger partial charge is 0.493 e. The Kier molecular flexibility index (Phi) is 6.64. The van der Waals surface area contributed by atoms with E-state index in [1.807, 2.05) is 93.6 Å². The van der Waals surface area contributed by atoms with Gasteiger partial charge in [-0.15, -0.1) is 5.10 Å². The molecule has 4 aromatic rings. The Labute approximate surface area is 216 Å². The maximum absolute atomic E-state index is 13.7. The molecule has 8 nitrogen and oxygen atoms in total. The van der Waals surface area contributed by atoms with Crippen molar-refractivity contribution in [2.75, 3.05) is 24.4 Å². The van der Waals surface area contributed by atoms with Crippen LogP contribution < -0.4 is 20.1 Å². The molecule has 1 amide bonds. The van der Waals surface area contributed by atoms with E-state index < -0.39 is 6.04 Å². The molecule has 5 rings (SSSR count). The monoisotopic (exact) mass is 495 g/mol. The molecule has 0 aliphatic carbocycles. The third-order valence-electron chi connectivity index (χ3n) is 6.21. The highest BCUT2D eigenvalue weighted by atomic mass is 16.5. The van der Waals surface area contributed by atoms with Crippen LogP contribution >= 0.6 is 0 Å². The maximum atomic E-state index is 13.7. The smallest absolute Gasteiger partial charge is 0.255 e. The third kappa shape index (κ3) is 4.78. The SMILES string of the molecule is CCOc1ccc(C2C(C(=O)Nc3ccccc3)=C(C)Nc3nc(-c4cccc(C)c4)nn32)cc1OC. The molecular weight excluding hydrogens is 466 g/mol. The van der Waals surface area contributed by atoms with E-state index in [4.69, 9.17) is 19.6 Å². The summed E-state index contributed by atoms with van der Waals surface area (Å²) in [6, 6.07) is 22.6. The number of amides is 1. The first-order chi connectivity index (χ1) is 18.0. The van der Waals surface area contributed by atoms with Crippen molar-refractivity contribution in [3.63, 3.8) is 0 Å². The molecule has 0 radical (unpaired) electrons. The molecule has 0 spiro atoms. The number of nitrogens with zero attached hydrogens (tertiary/aromatic N) is 3. The summed E-state index contributed by atoms with van der Waals surface area (Å²) >= 11 is 0. The van der Waals surface area contributed by atoms with Crippen LogP contribution in [0.2, 0.25) is 0 Å². The molecule has 0 saturated heterocycles. The summed E-state index contributed by atoms with van der Waals surface area (Å²) in [5.41, 5.74) is 4.77. The van der Waals surface area contributed by atoms with E-state index in [0.29, 0.717) is 46.8 Å². The number of nitrogens with one attached hydrogen (secondary N) is 2. The Bertz CT molecular complexity index is 1480. The summed E-state index contributed by atoms with van der Waals surface area (Å²) in [6.45, 7) is 6.35. The van der Waals surface area contributed by atoms with Gasteiger partial charge in [0.1, 0.15) is 6.04 Å². The van der Waals surface area contributed by atoms with Gasteiger partial charge in [0, 0.05) is 16.9 Å². The van der Waals surface area contributed by atoms with Crippen LogP contribution in [0.1, 0.15) is 31.0 Å². The van der Waals surface area contributed by atoms with Crippen LogP contribution in [0.25, 0.3) is 11.4 Å². The Balaban J connectivity index is 1.63. The molecule has 1 aromatic heterocycles. The van der Waals surface area contributed by atoms with Crippen molar-refractivity contribution in [1.82, 2.24) is 14.8 Å². The van der Waals surface area contributed by atoms with Crippen LogP contribution in [0.4, 0.5) is 11.6 Å². The summed E-state index contributed by atoms with van der Waals surface area (Å²) in [7, 11) is 1.60. The predicted octanol–water partition coefficient (Wildman–Crippen LogP) is 5.59. The fraction of sp³-hybridized carbons (Fsp3) is 0.207. The Hall–Kier alpha value is -4.59. The molecule has 8 heteroatoms. The number of para-hydroxylation sites is 1. The Morgan fingerprint density at radius 3 is 2.57 bits per heavy atom. The zero-order valence-corrected chi connectivity index (χ0v) is 21.3. The van der Waals surface area contributed by atoms with E-state index in [0.717, 1.165) is 16.7 Å². The van der Waals surface area contributed by atoms with E-state index in [9.17, 15) is 4.79 Å². The predicted molar refractivity (Wildman–Crippen MR) is 144 cm³/mol. The van der Waals surface area contributed by atoms with Gasteiger partial charge in [-0.3, -0.25) is 4.79 Å². The zero-order valence-electron chi connectivity index (χ0n) is 21.3. The third-order valence-corrected chi connectivity index (χ3v) is 6.21. The van der Waals surface area contributed by atoms with Gasteiger partial charge < -0.3 is 20.1 Å². The number of anilines is 2. The van der Waals surface area contributed by atoms with Gasteiger partial charge in [-0.05, 0) is 56.7 Å². The number of hydrogen-bond donors (Lipinski definition) is 2. The average Bonchev–Trinajstić information content (AvgIpc) is 3.32. The fourth-order valence-electron chi connectivity index (χ4n) is 4.51. The van der Waals surface area contributed by atoms with Crippen LogP contribution in [-0.4, -0.2) is 34.4 Å². The number of carbonyl (C=O) groups is 1. The molecule has 2 N–H and O–H groups in total. The van der Waals surface area contributed by atoms with Crippen LogP contribution in [0, 0.1) is 6.92 Å². The summed E-state index contributed by atoms with van der Waals surface area (Å²) in [4.78, 5) is 18.5. The van der Waals surface area contributed by atoms with Crippen LogP contribution in [0.5, 0.6) is 11.5 Å². The standard InChI is InChI=1S/C29H29N5O3/c1-5-37-23-15-14-20(17-24(23)36-4)26-25(28(35)31-22-12-7-6-8-13-22)19(3)30-29-32-27(33-34(26)29)21-11-9-10-18(2)16-21/h6-17,26H,5H2,1-4H3,(H,31,35)(H,30,32,33). The number of carbonyl (C=O) groups excluding carboxylic acids is 1. The lowest BCUT2D eigenvalue weighted by Gasteiger charge is -2.29. The van der Waals surface area contributed by atoms with Crippen molar-refractivity contribution in [2.45, 2.75) is 26.8 Å². The Morgan fingerprint density at radius 1 is 1.03 bits per heavy atom. The average molecular weight is 496 g/mol. The molecule has 3 aromatic carbocycles. The number of methoxy groups -OCH3 is 1.